The number of hydrogen-bond donors (Lipinski definition) is 1. The lowest BCUT2D eigenvalue weighted by molar-refractivity contribution is 0.451. The average Bonchev–Trinajstić information content (AvgIpc) is 3.08. The number of benzene rings is 1. The smallest absolute Gasteiger partial charge is 0.163 e. The molecule has 1 saturated carbocycles. The highest BCUT2D eigenvalue weighted by molar-refractivity contribution is 5.40. The van der Waals surface area contributed by atoms with Gasteiger partial charge < -0.3 is 5.32 Å². The quantitative estimate of drug-likeness (QED) is 0.931. The van der Waals surface area contributed by atoms with E-state index in [1.54, 1.807) is 18.2 Å². The number of hydrogen-bond acceptors (Lipinski definition) is 4. The lowest BCUT2D eigenvalue weighted by Crippen LogP contribution is -2.21. The van der Waals surface area contributed by atoms with E-state index < -0.39 is 0 Å². The van der Waals surface area contributed by atoms with Crippen LogP contribution in [0.4, 0.5) is 10.2 Å². The molecule has 1 aromatic heterocycles. The molecule has 0 radical (unpaired) electrons. The number of anilines is 1. The summed E-state index contributed by atoms with van der Waals surface area (Å²) in [4.78, 5) is 0. The van der Waals surface area contributed by atoms with Crippen LogP contribution in [0.1, 0.15) is 43.0 Å². The Morgan fingerprint density at radius 2 is 1.91 bits per heavy atom. The first kappa shape index (κ1) is 14.5. The third-order valence-corrected chi connectivity index (χ3v) is 4.19. The highest BCUT2D eigenvalue weighted by atomic mass is 19.1. The van der Waals surface area contributed by atoms with Gasteiger partial charge in [0.2, 0.25) is 0 Å². The Balaban J connectivity index is 1.88. The molecular weight excluding hydrogens is 279 g/mol. The summed E-state index contributed by atoms with van der Waals surface area (Å²) < 4.78 is 14.2. The van der Waals surface area contributed by atoms with Crippen molar-refractivity contribution in [3.05, 3.63) is 53.5 Å². The fourth-order valence-electron chi connectivity index (χ4n) is 3.10. The number of nitriles is 1. The summed E-state index contributed by atoms with van der Waals surface area (Å²) in [5, 5.41) is 19.9. The molecule has 1 atom stereocenters. The molecular formula is C17H17FN4. The minimum absolute atomic E-state index is 0.120. The first-order valence-corrected chi connectivity index (χ1v) is 7.53. The zero-order valence-corrected chi connectivity index (χ0v) is 12.2. The van der Waals surface area contributed by atoms with Crippen molar-refractivity contribution in [2.45, 2.75) is 31.7 Å². The van der Waals surface area contributed by atoms with Crippen molar-refractivity contribution >= 4 is 5.82 Å². The van der Waals surface area contributed by atoms with Gasteiger partial charge in [-0.2, -0.15) is 5.26 Å². The van der Waals surface area contributed by atoms with Crippen LogP contribution in [0.25, 0.3) is 0 Å². The maximum atomic E-state index is 14.2. The summed E-state index contributed by atoms with van der Waals surface area (Å²) >= 11 is 0. The highest BCUT2D eigenvalue weighted by Crippen LogP contribution is 2.38. The summed E-state index contributed by atoms with van der Waals surface area (Å²) in [6.07, 6.45) is 4.51. The third kappa shape index (κ3) is 3.06. The lowest BCUT2D eigenvalue weighted by Gasteiger charge is -2.26. The molecule has 0 bridgehead atoms. The number of rotatable bonds is 4. The van der Waals surface area contributed by atoms with Gasteiger partial charge in [0.05, 0.1) is 6.04 Å². The van der Waals surface area contributed by atoms with Crippen LogP contribution in [0.2, 0.25) is 0 Å². The number of nitrogens with one attached hydrogen (secondary N) is 1. The minimum Gasteiger partial charge on any atom is -0.361 e. The molecule has 1 unspecified atom stereocenters. The van der Waals surface area contributed by atoms with E-state index in [1.807, 2.05) is 18.2 Å². The number of halogens is 1. The Hall–Kier alpha value is -2.48. The Labute approximate surface area is 129 Å². The summed E-state index contributed by atoms with van der Waals surface area (Å²) in [7, 11) is 0. The van der Waals surface area contributed by atoms with Crippen molar-refractivity contribution in [1.82, 2.24) is 10.2 Å². The molecule has 1 fully saturated rings. The van der Waals surface area contributed by atoms with Gasteiger partial charge in [0.25, 0.3) is 0 Å². The fourth-order valence-corrected chi connectivity index (χ4v) is 3.10. The van der Waals surface area contributed by atoms with Gasteiger partial charge in [0.15, 0.2) is 5.69 Å². The standard InChI is InChI=1S/C17H17FN4/c18-15-8-4-3-7-14(15)17(12-5-1-2-6-12)20-16-10-9-13(11-19)21-22-16/h3-4,7-10,12,17H,1-2,5-6H2,(H,20,22). The molecule has 0 saturated heterocycles. The fraction of sp³-hybridized carbons (Fsp3) is 0.353. The molecule has 1 aliphatic rings. The van der Waals surface area contributed by atoms with Gasteiger partial charge >= 0.3 is 0 Å². The van der Waals surface area contributed by atoms with E-state index in [1.165, 1.54) is 18.9 Å². The normalized spacial score (nSPS) is 16.2. The van der Waals surface area contributed by atoms with Gasteiger partial charge in [-0.3, -0.25) is 0 Å². The van der Waals surface area contributed by atoms with Gasteiger partial charge in [-0.05, 0) is 37.0 Å². The van der Waals surface area contributed by atoms with Crippen LogP contribution >= 0.6 is 0 Å². The van der Waals surface area contributed by atoms with Gasteiger partial charge in [-0.15, -0.1) is 10.2 Å². The Morgan fingerprint density at radius 1 is 1.14 bits per heavy atom. The van der Waals surface area contributed by atoms with Gasteiger partial charge in [-0.1, -0.05) is 31.0 Å². The van der Waals surface area contributed by atoms with E-state index in [9.17, 15) is 4.39 Å². The van der Waals surface area contributed by atoms with Crippen molar-refractivity contribution in [1.29, 1.82) is 5.26 Å². The van der Waals surface area contributed by atoms with Crippen LogP contribution < -0.4 is 5.32 Å². The van der Waals surface area contributed by atoms with Crippen molar-refractivity contribution in [2.24, 2.45) is 5.92 Å². The molecule has 1 aromatic carbocycles. The maximum absolute atomic E-state index is 14.2. The molecule has 1 aliphatic carbocycles. The third-order valence-electron chi connectivity index (χ3n) is 4.19. The molecule has 4 nitrogen and oxygen atoms in total. The number of nitrogens with zero attached hydrogens (tertiary/aromatic N) is 3. The van der Waals surface area contributed by atoms with Crippen molar-refractivity contribution in [3.8, 4) is 6.07 Å². The predicted octanol–water partition coefficient (Wildman–Crippen LogP) is 3.83. The van der Waals surface area contributed by atoms with Gasteiger partial charge in [0.1, 0.15) is 17.7 Å². The van der Waals surface area contributed by atoms with E-state index in [0.29, 0.717) is 17.3 Å². The second-order valence-electron chi connectivity index (χ2n) is 5.60. The molecule has 0 aliphatic heterocycles. The highest BCUT2D eigenvalue weighted by Gasteiger charge is 2.28. The van der Waals surface area contributed by atoms with Crippen LogP contribution in [0.5, 0.6) is 0 Å². The topological polar surface area (TPSA) is 61.6 Å². The Kier molecular flexibility index (Phi) is 4.29. The van der Waals surface area contributed by atoms with E-state index in [0.717, 1.165) is 12.8 Å². The first-order valence-electron chi connectivity index (χ1n) is 7.53. The van der Waals surface area contributed by atoms with E-state index in [-0.39, 0.29) is 17.6 Å². The molecule has 22 heavy (non-hydrogen) atoms. The van der Waals surface area contributed by atoms with Crippen LogP contribution in [0.3, 0.4) is 0 Å². The van der Waals surface area contributed by atoms with E-state index >= 15 is 0 Å². The average molecular weight is 296 g/mol. The van der Waals surface area contributed by atoms with Crippen LogP contribution in [0, 0.1) is 23.1 Å². The molecule has 112 valence electrons. The SMILES string of the molecule is N#Cc1ccc(NC(c2ccccc2F)C2CCCC2)nn1. The summed E-state index contributed by atoms with van der Waals surface area (Å²) in [5.74, 6) is 0.752. The van der Waals surface area contributed by atoms with Crippen LogP contribution in [-0.4, -0.2) is 10.2 Å². The monoisotopic (exact) mass is 296 g/mol. The minimum atomic E-state index is -0.200. The zero-order chi connectivity index (χ0) is 15.4. The summed E-state index contributed by atoms with van der Waals surface area (Å²) in [5.41, 5.74) is 0.939. The zero-order valence-electron chi connectivity index (χ0n) is 12.2. The largest absolute Gasteiger partial charge is 0.361 e. The van der Waals surface area contributed by atoms with Crippen LogP contribution in [0.15, 0.2) is 36.4 Å². The summed E-state index contributed by atoms with van der Waals surface area (Å²) in [6.45, 7) is 0. The van der Waals surface area contributed by atoms with E-state index in [2.05, 4.69) is 15.5 Å². The second-order valence-corrected chi connectivity index (χ2v) is 5.60. The number of aromatic nitrogens is 2. The molecule has 1 heterocycles. The molecule has 3 rings (SSSR count). The first-order chi connectivity index (χ1) is 10.8. The van der Waals surface area contributed by atoms with Gasteiger partial charge in [0, 0.05) is 5.56 Å². The molecule has 0 amide bonds. The van der Waals surface area contributed by atoms with Crippen LogP contribution in [-0.2, 0) is 0 Å². The Bertz CT molecular complexity index is 672. The maximum Gasteiger partial charge on any atom is 0.163 e. The summed E-state index contributed by atoms with van der Waals surface area (Å²) in [6, 6.07) is 12.0. The van der Waals surface area contributed by atoms with Crippen molar-refractivity contribution in [3.63, 3.8) is 0 Å². The second kappa shape index (κ2) is 6.52. The molecule has 5 heteroatoms. The predicted molar refractivity (Wildman–Crippen MR) is 81.5 cm³/mol. The molecule has 1 N–H and O–H groups in total. The lowest BCUT2D eigenvalue weighted by atomic mass is 9.91. The van der Waals surface area contributed by atoms with Crippen molar-refractivity contribution < 1.29 is 4.39 Å². The molecule has 2 aromatic rings. The van der Waals surface area contributed by atoms with Gasteiger partial charge in [-0.25, -0.2) is 4.39 Å². The Morgan fingerprint density at radius 3 is 2.55 bits per heavy atom. The van der Waals surface area contributed by atoms with E-state index in [4.69, 9.17) is 5.26 Å². The molecule has 0 spiro atoms. The van der Waals surface area contributed by atoms with Crippen molar-refractivity contribution in [2.75, 3.05) is 5.32 Å².